The van der Waals surface area contributed by atoms with Gasteiger partial charge < -0.3 is 9.42 Å². The molecular formula is C18H27N5O2. The van der Waals surface area contributed by atoms with E-state index in [1.165, 1.54) is 0 Å². The van der Waals surface area contributed by atoms with E-state index in [9.17, 15) is 4.79 Å². The van der Waals surface area contributed by atoms with Gasteiger partial charge in [-0.15, -0.1) is 0 Å². The van der Waals surface area contributed by atoms with Gasteiger partial charge >= 0.3 is 0 Å². The summed E-state index contributed by atoms with van der Waals surface area (Å²) in [5, 5.41) is 8.50. The van der Waals surface area contributed by atoms with Crippen molar-refractivity contribution in [2.24, 2.45) is 0 Å². The van der Waals surface area contributed by atoms with Gasteiger partial charge in [0.25, 0.3) is 5.91 Å². The molecule has 0 atom stereocenters. The molecule has 0 spiro atoms. The van der Waals surface area contributed by atoms with Gasteiger partial charge in [-0.1, -0.05) is 19.0 Å². The predicted octanol–water partition coefficient (Wildman–Crippen LogP) is 3.26. The molecule has 0 radical (unpaired) electrons. The van der Waals surface area contributed by atoms with Crippen LogP contribution in [0.1, 0.15) is 79.3 Å². The number of carbonyl (C=O) groups excluding carboxylic acids is 1. The number of nitrogens with zero attached hydrogens (tertiary/aromatic N) is 5. The maximum atomic E-state index is 12.9. The minimum Gasteiger partial charge on any atom is -0.340 e. The summed E-state index contributed by atoms with van der Waals surface area (Å²) in [6, 6.07) is 0.355. The van der Waals surface area contributed by atoms with Crippen LogP contribution in [-0.4, -0.2) is 43.8 Å². The highest BCUT2D eigenvalue weighted by Crippen LogP contribution is 2.27. The van der Waals surface area contributed by atoms with E-state index in [-0.39, 0.29) is 11.8 Å². The number of aryl methyl sites for hydroxylation is 1. The van der Waals surface area contributed by atoms with E-state index >= 15 is 0 Å². The lowest BCUT2D eigenvalue weighted by atomic mass is 9.95. The van der Waals surface area contributed by atoms with Gasteiger partial charge in [-0.05, 0) is 32.6 Å². The number of aromatic nitrogens is 4. The quantitative estimate of drug-likeness (QED) is 0.831. The van der Waals surface area contributed by atoms with Crippen molar-refractivity contribution < 1.29 is 9.32 Å². The summed E-state index contributed by atoms with van der Waals surface area (Å²) in [6.07, 6.45) is 5.49. The molecule has 1 aliphatic heterocycles. The Bertz CT molecular complexity index is 724. The SMILES string of the molecule is CCC(CC)n1ncc(C(=O)N2CCC(c3noc(C)n3)CC2)c1C. The summed E-state index contributed by atoms with van der Waals surface area (Å²) in [4.78, 5) is 19.1. The number of hydrogen-bond acceptors (Lipinski definition) is 5. The van der Waals surface area contributed by atoms with Crippen LogP contribution in [0.4, 0.5) is 0 Å². The van der Waals surface area contributed by atoms with E-state index in [1.54, 1.807) is 13.1 Å². The van der Waals surface area contributed by atoms with Gasteiger partial charge in [0.15, 0.2) is 5.82 Å². The van der Waals surface area contributed by atoms with Crippen molar-refractivity contribution in [2.45, 2.75) is 65.3 Å². The first-order valence-electron chi connectivity index (χ1n) is 9.18. The highest BCUT2D eigenvalue weighted by atomic mass is 16.5. The van der Waals surface area contributed by atoms with Crippen molar-refractivity contribution in [2.75, 3.05) is 13.1 Å². The van der Waals surface area contributed by atoms with Crippen molar-refractivity contribution in [3.8, 4) is 0 Å². The molecule has 7 heteroatoms. The number of likely N-dealkylation sites (tertiary alicyclic amines) is 1. The summed E-state index contributed by atoms with van der Waals surface area (Å²) in [7, 11) is 0. The topological polar surface area (TPSA) is 77.0 Å². The van der Waals surface area contributed by atoms with Gasteiger partial charge in [0.2, 0.25) is 5.89 Å². The molecule has 3 rings (SSSR count). The normalized spacial score (nSPS) is 16.0. The second kappa shape index (κ2) is 7.37. The zero-order chi connectivity index (χ0) is 18.0. The molecule has 1 amide bonds. The molecule has 136 valence electrons. The Morgan fingerprint density at radius 2 is 1.96 bits per heavy atom. The van der Waals surface area contributed by atoms with E-state index in [4.69, 9.17) is 4.52 Å². The van der Waals surface area contributed by atoms with Gasteiger partial charge in [-0.25, -0.2) is 0 Å². The van der Waals surface area contributed by atoms with Crippen molar-refractivity contribution in [3.05, 3.63) is 29.2 Å². The molecule has 1 fully saturated rings. The fraction of sp³-hybridized carbons (Fsp3) is 0.667. The molecule has 0 bridgehead atoms. The fourth-order valence-corrected chi connectivity index (χ4v) is 3.63. The van der Waals surface area contributed by atoms with E-state index in [1.807, 2.05) is 16.5 Å². The number of rotatable bonds is 5. The monoisotopic (exact) mass is 345 g/mol. The molecule has 2 aromatic heterocycles. The van der Waals surface area contributed by atoms with Gasteiger partial charge in [0.1, 0.15) is 0 Å². The molecule has 0 aliphatic carbocycles. The fourth-order valence-electron chi connectivity index (χ4n) is 3.63. The van der Waals surface area contributed by atoms with Crippen molar-refractivity contribution in [1.29, 1.82) is 0 Å². The van der Waals surface area contributed by atoms with Crippen molar-refractivity contribution >= 4 is 5.91 Å². The first kappa shape index (κ1) is 17.6. The lowest BCUT2D eigenvalue weighted by Crippen LogP contribution is -2.38. The average molecular weight is 345 g/mol. The minimum absolute atomic E-state index is 0.0810. The van der Waals surface area contributed by atoms with Gasteiger partial charge in [-0.2, -0.15) is 10.1 Å². The second-order valence-electron chi connectivity index (χ2n) is 6.80. The van der Waals surface area contributed by atoms with Crippen molar-refractivity contribution in [3.63, 3.8) is 0 Å². The van der Waals surface area contributed by atoms with Gasteiger partial charge in [0.05, 0.1) is 17.8 Å². The molecule has 0 unspecified atom stereocenters. The zero-order valence-electron chi connectivity index (χ0n) is 15.5. The number of carbonyl (C=O) groups is 1. The predicted molar refractivity (Wildman–Crippen MR) is 93.5 cm³/mol. The third kappa shape index (κ3) is 3.45. The number of hydrogen-bond donors (Lipinski definition) is 0. The Kier molecular flexibility index (Phi) is 5.20. The standard InChI is InChI=1S/C18H27N5O2/c1-5-15(6-2)23-12(3)16(11-19-23)18(24)22-9-7-14(8-10-22)17-20-13(4)25-21-17/h11,14-15H,5-10H2,1-4H3. The molecule has 0 saturated carbocycles. The van der Waals surface area contributed by atoms with Crippen molar-refractivity contribution in [1.82, 2.24) is 24.8 Å². The number of amides is 1. The van der Waals surface area contributed by atoms with Crippen LogP contribution in [0.2, 0.25) is 0 Å². The maximum Gasteiger partial charge on any atom is 0.257 e. The third-order valence-electron chi connectivity index (χ3n) is 5.25. The Labute approximate surface area is 148 Å². The largest absolute Gasteiger partial charge is 0.340 e. The van der Waals surface area contributed by atoms with Crippen LogP contribution in [0.3, 0.4) is 0 Å². The van der Waals surface area contributed by atoms with Crippen LogP contribution in [0.15, 0.2) is 10.7 Å². The first-order chi connectivity index (χ1) is 12.0. The smallest absolute Gasteiger partial charge is 0.257 e. The lowest BCUT2D eigenvalue weighted by molar-refractivity contribution is 0.0709. The van der Waals surface area contributed by atoms with Gasteiger partial charge in [0, 0.05) is 31.6 Å². The molecule has 3 heterocycles. The Hall–Kier alpha value is -2.18. The molecule has 2 aromatic rings. The highest BCUT2D eigenvalue weighted by Gasteiger charge is 2.29. The summed E-state index contributed by atoms with van der Waals surface area (Å²) in [5.41, 5.74) is 1.69. The molecule has 1 aliphatic rings. The van der Waals surface area contributed by atoms with Crippen LogP contribution >= 0.6 is 0 Å². The summed E-state index contributed by atoms with van der Waals surface area (Å²) in [6.45, 7) is 9.53. The average Bonchev–Trinajstić information content (AvgIpc) is 3.22. The molecule has 7 nitrogen and oxygen atoms in total. The third-order valence-corrected chi connectivity index (χ3v) is 5.25. The Balaban J connectivity index is 1.67. The van der Waals surface area contributed by atoms with Crippen LogP contribution in [-0.2, 0) is 0 Å². The van der Waals surface area contributed by atoms with Crippen LogP contribution in [0.25, 0.3) is 0 Å². The molecule has 0 aromatic carbocycles. The molecule has 1 saturated heterocycles. The summed E-state index contributed by atoms with van der Waals surface area (Å²) >= 11 is 0. The van der Waals surface area contributed by atoms with Crippen LogP contribution in [0, 0.1) is 13.8 Å². The van der Waals surface area contributed by atoms with Crippen LogP contribution < -0.4 is 0 Å². The Morgan fingerprint density at radius 3 is 2.52 bits per heavy atom. The summed E-state index contributed by atoms with van der Waals surface area (Å²) < 4.78 is 7.07. The van der Waals surface area contributed by atoms with E-state index in [0.717, 1.165) is 42.8 Å². The molecule has 25 heavy (non-hydrogen) atoms. The Morgan fingerprint density at radius 1 is 1.28 bits per heavy atom. The maximum absolute atomic E-state index is 12.9. The van der Waals surface area contributed by atoms with E-state index < -0.39 is 0 Å². The highest BCUT2D eigenvalue weighted by molar-refractivity contribution is 5.95. The second-order valence-corrected chi connectivity index (χ2v) is 6.80. The van der Waals surface area contributed by atoms with E-state index in [0.29, 0.717) is 25.0 Å². The summed E-state index contributed by atoms with van der Waals surface area (Å²) in [5.74, 6) is 1.72. The lowest BCUT2D eigenvalue weighted by Gasteiger charge is -2.30. The van der Waals surface area contributed by atoms with E-state index in [2.05, 4.69) is 29.1 Å². The first-order valence-corrected chi connectivity index (χ1v) is 9.18. The molecule has 0 N–H and O–H groups in total. The van der Waals surface area contributed by atoms with Crippen LogP contribution in [0.5, 0.6) is 0 Å². The number of piperidine rings is 1. The minimum atomic E-state index is 0.0810. The van der Waals surface area contributed by atoms with Gasteiger partial charge in [-0.3, -0.25) is 9.48 Å². The molecular weight excluding hydrogens is 318 g/mol. The zero-order valence-corrected chi connectivity index (χ0v) is 15.5.